The summed E-state index contributed by atoms with van der Waals surface area (Å²) < 4.78 is 0. The van der Waals surface area contributed by atoms with Gasteiger partial charge in [0.05, 0.1) is 0 Å². The third-order valence-electron chi connectivity index (χ3n) is 2.46. The lowest BCUT2D eigenvalue weighted by molar-refractivity contribution is 1.29. The van der Waals surface area contributed by atoms with Crippen molar-refractivity contribution in [3.05, 3.63) is 65.9 Å². The van der Waals surface area contributed by atoms with Crippen LogP contribution in [0.5, 0.6) is 0 Å². The highest BCUT2D eigenvalue weighted by Crippen LogP contribution is 2.23. The van der Waals surface area contributed by atoms with Crippen LogP contribution in [0.4, 0.5) is 5.69 Å². The Morgan fingerprint density at radius 2 is 1.69 bits per heavy atom. The Balaban J connectivity index is 3.10. The molecule has 0 saturated carbocycles. The minimum absolute atomic E-state index is 0.963. The van der Waals surface area contributed by atoms with Gasteiger partial charge in [-0.25, -0.2) is 0 Å². The fraction of sp³-hybridized carbons (Fsp3) is 0.200. The first-order chi connectivity index (χ1) is 7.58. The lowest BCUT2D eigenvalue weighted by atomic mass is 10.0. The normalized spacial score (nSPS) is 11.1. The van der Waals surface area contributed by atoms with E-state index < -0.39 is 0 Å². The quantitative estimate of drug-likeness (QED) is 0.736. The Morgan fingerprint density at radius 3 is 2.12 bits per heavy atom. The summed E-state index contributed by atoms with van der Waals surface area (Å²) in [5.74, 6) is 0. The third kappa shape index (κ3) is 2.86. The topological polar surface area (TPSA) is 12.0 Å². The monoisotopic (exact) mass is 213 g/mol. The van der Waals surface area contributed by atoms with Gasteiger partial charge in [-0.1, -0.05) is 36.9 Å². The highest BCUT2D eigenvalue weighted by atomic mass is 14.9. The number of aryl methyl sites for hydroxylation is 3. The molecule has 1 rings (SSSR count). The van der Waals surface area contributed by atoms with Crippen molar-refractivity contribution in [3.63, 3.8) is 0 Å². The number of benzene rings is 1. The van der Waals surface area contributed by atoms with E-state index in [-0.39, 0.29) is 0 Å². The lowest BCUT2D eigenvalue weighted by Crippen LogP contribution is -2.01. The standard InChI is InChI=1S/C15H19N/c1-6-8-14(7-2)16-15-12(4)9-11(3)10-13(15)5/h6-10,16H,1-2H2,3-5H3/b14-8+. The SMILES string of the molecule is C=C/C=C(\C=C)Nc1c(C)cc(C)cc1C. The van der Waals surface area contributed by atoms with Crippen LogP contribution in [0.2, 0.25) is 0 Å². The molecule has 0 bridgehead atoms. The van der Waals surface area contributed by atoms with Gasteiger partial charge < -0.3 is 5.32 Å². The Labute approximate surface area is 98.2 Å². The Hall–Kier alpha value is -1.76. The van der Waals surface area contributed by atoms with Crippen LogP contribution in [0.25, 0.3) is 0 Å². The molecule has 16 heavy (non-hydrogen) atoms. The predicted octanol–water partition coefficient (Wildman–Crippen LogP) is 4.28. The molecule has 0 atom stereocenters. The van der Waals surface area contributed by atoms with Gasteiger partial charge in [-0.2, -0.15) is 0 Å². The molecule has 1 N–H and O–H groups in total. The van der Waals surface area contributed by atoms with Crippen LogP contribution in [0.1, 0.15) is 16.7 Å². The molecule has 0 aliphatic carbocycles. The maximum atomic E-state index is 3.77. The molecule has 1 nitrogen and oxygen atoms in total. The van der Waals surface area contributed by atoms with Gasteiger partial charge >= 0.3 is 0 Å². The van der Waals surface area contributed by atoms with Gasteiger partial charge in [-0.15, -0.1) is 0 Å². The van der Waals surface area contributed by atoms with Gasteiger partial charge in [0.1, 0.15) is 0 Å². The van der Waals surface area contributed by atoms with Crippen LogP contribution < -0.4 is 5.32 Å². The average Bonchev–Trinajstić information content (AvgIpc) is 2.21. The molecule has 1 heteroatoms. The van der Waals surface area contributed by atoms with Crippen LogP contribution in [0.15, 0.2) is 49.2 Å². The van der Waals surface area contributed by atoms with E-state index in [0.717, 1.165) is 11.4 Å². The maximum absolute atomic E-state index is 3.77. The zero-order chi connectivity index (χ0) is 12.1. The summed E-state index contributed by atoms with van der Waals surface area (Å²) in [5.41, 5.74) is 5.89. The zero-order valence-corrected chi connectivity index (χ0v) is 10.3. The summed E-state index contributed by atoms with van der Waals surface area (Å²) in [5, 5.41) is 3.37. The molecule has 1 aromatic carbocycles. The van der Waals surface area contributed by atoms with Crippen LogP contribution in [-0.2, 0) is 0 Å². The van der Waals surface area contributed by atoms with Gasteiger partial charge in [-0.3, -0.25) is 0 Å². The van der Waals surface area contributed by atoms with Gasteiger partial charge in [0.2, 0.25) is 0 Å². The molecule has 0 amide bonds. The van der Waals surface area contributed by atoms with Gasteiger partial charge in [0.25, 0.3) is 0 Å². The number of hydrogen-bond acceptors (Lipinski definition) is 1. The van der Waals surface area contributed by atoms with E-state index in [1.54, 1.807) is 12.2 Å². The van der Waals surface area contributed by atoms with Crippen LogP contribution in [-0.4, -0.2) is 0 Å². The number of rotatable bonds is 4. The van der Waals surface area contributed by atoms with Crippen molar-refractivity contribution in [2.24, 2.45) is 0 Å². The summed E-state index contributed by atoms with van der Waals surface area (Å²) in [7, 11) is 0. The smallest absolute Gasteiger partial charge is 0.0443 e. The highest BCUT2D eigenvalue weighted by Gasteiger charge is 2.03. The highest BCUT2D eigenvalue weighted by molar-refractivity contribution is 5.62. The van der Waals surface area contributed by atoms with Gasteiger partial charge in [-0.05, 0) is 44.1 Å². The van der Waals surface area contributed by atoms with Crippen molar-refractivity contribution >= 4 is 5.69 Å². The van der Waals surface area contributed by atoms with Crippen LogP contribution >= 0.6 is 0 Å². The first-order valence-corrected chi connectivity index (χ1v) is 5.38. The molecule has 0 spiro atoms. The molecule has 0 fully saturated rings. The molecular weight excluding hydrogens is 194 g/mol. The fourth-order valence-electron chi connectivity index (χ4n) is 1.81. The van der Waals surface area contributed by atoms with E-state index in [9.17, 15) is 0 Å². The zero-order valence-electron chi connectivity index (χ0n) is 10.3. The minimum atomic E-state index is 0.963. The van der Waals surface area contributed by atoms with E-state index in [4.69, 9.17) is 0 Å². The molecule has 0 aliphatic rings. The van der Waals surface area contributed by atoms with Crippen molar-refractivity contribution < 1.29 is 0 Å². The van der Waals surface area contributed by atoms with Gasteiger partial charge in [0, 0.05) is 11.4 Å². The van der Waals surface area contributed by atoms with E-state index >= 15 is 0 Å². The number of anilines is 1. The molecule has 1 aromatic rings. The molecule has 84 valence electrons. The first kappa shape index (κ1) is 12.3. The number of nitrogens with one attached hydrogen (secondary N) is 1. The number of allylic oxidation sites excluding steroid dienone is 3. The Kier molecular flexibility index (Phi) is 4.12. The largest absolute Gasteiger partial charge is 0.355 e. The Morgan fingerprint density at radius 1 is 1.12 bits per heavy atom. The van der Waals surface area contributed by atoms with Crippen molar-refractivity contribution in [1.29, 1.82) is 0 Å². The molecule has 0 aromatic heterocycles. The summed E-state index contributed by atoms with van der Waals surface area (Å²) in [4.78, 5) is 0. The van der Waals surface area contributed by atoms with Crippen LogP contribution in [0.3, 0.4) is 0 Å². The summed E-state index contributed by atoms with van der Waals surface area (Å²) in [6, 6.07) is 4.34. The molecule has 0 aliphatic heterocycles. The van der Waals surface area contributed by atoms with Crippen LogP contribution in [0, 0.1) is 20.8 Å². The average molecular weight is 213 g/mol. The maximum Gasteiger partial charge on any atom is 0.0443 e. The molecular formula is C15H19N. The number of hydrogen-bond donors (Lipinski definition) is 1. The Bertz CT molecular complexity index is 416. The third-order valence-corrected chi connectivity index (χ3v) is 2.46. The van der Waals surface area contributed by atoms with E-state index in [2.05, 4.69) is 51.4 Å². The second-order valence-electron chi connectivity index (χ2n) is 3.96. The van der Waals surface area contributed by atoms with Crippen molar-refractivity contribution in [3.8, 4) is 0 Å². The first-order valence-electron chi connectivity index (χ1n) is 5.38. The fourth-order valence-corrected chi connectivity index (χ4v) is 1.81. The molecule has 0 unspecified atom stereocenters. The molecule has 0 heterocycles. The van der Waals surface area contributed by atoms with E-state index in [1.807, 2.05) is 6.08 Å². The van der Waals surface area contributed by atoms with Crippen molar-refractivity contribution in [1.82, 2.24) is 0 Å². The second kappa shape index (κ2) is 5.36. The molecule has 0 radical (unpaired) electrons. The predicted molar refractivity (Wildman–Crippen MR) is 72.8 cm³/mol. The summed E-state index contributed by atoms with van der Waals surface area (Å²) in [6.07, 6.45) is 5.45. The van der Waals surface area contributed by atoms with Crippen molar-refractivity contribution in [2.45, 2.75) is 20.8 Å². The second-order valence-corrected chi connectivity index (χ2v) is 3.96. The molecule has 0 saturated heterocycles. The minimum Gasteiger partial charge on any atom is -0.355 e. The summed E-state index contributed by atoms with van der Waals surface area (Å²) in [6.45, 7) is 13.8. The van der Waals surface area contributed by atoms with Crippen molar-refractivity contribution in [2.75, 3.05) is 5.32 Å². The van der Waals surface area contributed by atoms with E-state index in [1.165, 1.54) is 16.7 Å². The summed E-state index contributed by atoms with van der Waals surface area (Å²) >= 11 is 0. The van der Waals surface area contributed by atoms with Gasteiger partial charge in [0.15, 0.2) is 0 Å². The lowest BCUT2D eigenvalue weighted by Gasteiger charge is -2.14. The van der Waals surface area contributed by atoms with E-state index in [0.29, 0.717) is 0 Å².